The molecule has 0 radical (unpaired) electrons. The molecule has 2 rings (SSSR count). The second-order valence-electron chi connectivity index (χ2n) is 8.83. The zero-order chi connectivity index (χ0) is 25.8. The Hall–Kier alpha value is -3.10. The second-order valence-corrected chi connectivity index (χ2v) is 8.83. The standard InChI is InChI=1S/C27H38N2O6/c1-4-20(21-10-6-5-7-11-21)16-24(31)18(2)29-27(34)22(17-26(32)33)28-14-8-9-19-12-13-23(30)25(15-19)35-3/h5-7,10-13,15,18,20,22,24,28,30-31H,4,8-9,14,16-17H2,1-3H3,(H,29,34)(H,32,33)/t18?,20?,22-,24?/m0/s1. The number of nitrogens with one attached hydrogen (secondary N) is 2. The van der Waals surface area contributed by atoms with E-state index in [1.165, 1.54) is 7.11 Å². The molecule has 0 aliphatic heterocycles. The molecule has 0 aliphatic rings. The first kappa shape index (κ1) is 28.1. The molecule has 0 saturated carbocycles. The molecule has 2 aromatic carbocycles. The summed E-state index contributed by atoms with van der Waals surface area (Å²) in [5.41, 5.74) is 2.10. The number of carboxylic acid groups (broad SMARTS) is 1. The van der Waals surface area contributed by atoms with Crippen LogP contribution in [0.15, 0.2) is 48.5 Å². The van der Waals surface area contributed by atoms with Crippen LogP contribution in [-0.4, -0.2) is 59.0 Å². The minimum absolute atomic E-state index is 0.0675. The van der Waals surface area contributed by atoms with Crippen LogP contribution < -0.4 is 15.4 Å². The maximum absolute atomic E-state index is 12.8. The quantitative estimate of drug-likeness (QED) is 0.245. The summed E-state index contributed by atoms with van der Waals surface area (Å²) in [7, 11) is 1.48. The van der Waals surface area contributed by atoms with E-state index in [0.29, 0.717) is 31.6 Å². The Kier molecular flexibility index (Phi) is 11.5. The number of aromatic hydroxyl groups is 1. The first-order valence-electron chi connectivity index (χ1n) is 12.1. The molecule has 0 aromatic heterocycles. The van der Waals surface area contributed by atoms with Crippen molar-refractivity contribution in [2.45, 2.75) is 70.1 Å². The average molecular weight is 487 g/mol. The molecule has 0 fully saturated rings. The van der Waals surface area contributed by atoms with Crippen molar-refractivity contribution >= 4 is 11.9 Å². The molecule has 192 valence electrons. The fraction of sp³-hybridized carbons (Fsp3) is 0.481. The van der Waals surface area contributed by atoms with Crippen molar-refractivity contribution < 1.29 is 29.6 Å². The van der Waals surface area contributed by atoms with Gasteiger partial charge in [-0.1, -0.05) is 43.3 Å². The number of methoxy groups -OCH3 is 1. The van der Waals surface area contributed by atoms with Gasteiger partial charge in [0.15, 0.2) is 11.5 Å². The Bertz CT molecular complexity index is 937. The molecule has 0 saturated heterocycles. The summed E-state index contributed by atoms with van der Waals surface area (Å²) >= 11 is 0. The summed E-state index contributed by atoms with van der Waals surface area (Å²) in [4.78, 5) is 24.1. The number of rotatable bonds is 15. The van der Waals surface area contributed by atoms with E-state index in [4.69, 9.17) is 4.74 Å². The highest BCUT2D eigenvalue weighted by atomic mass is 16.5. The van der Waals surface area contributed by atoms with Crippen molar-refractivity contribution in [2.24, 2.45) is 0 Å². The van der Waals surface area contributed by atoms with Crippen LogP contribution in [0, 0.1) is 0 Å². The smallest absolute Gasteiger partial charge is 0.305 e. The van der Waals surface area contributed by atoms with Gasteiger partial charge in [0, 0.05) is 0 Å². The first-order chi connectivity index (χ1) is 16.7. The van der Waals surface area contributed by atoms with Gasteiger partial charge in [0.25, 0.3) is 0 Å². The van der Waals surface area contributed by atoms with E-state index in [2.05, 4.69) is 17.6 Å². The number of aryl methyl sites for hydroxylation is 1. The molecule has 4 atom stereocenters. The highest BCUT2D eigenvalue weighted by molar-refractivity contribution is 5.86. The Morgan fingerprint density at radius 2 is 1.83 bits per heavy atom. The SMILES string of the molecule is CCC(CC(O)C(C)NC(=O)[C@H](CC(=O)O)NCCCc1ccc(O)c(OC)c1)c1ccccc1. The molecule has 3 unspecified atom stereocenters. The maximum Gasteiger partial charge on any atom is 0.305 e. The van der Waals surface area contributed by atoms with Crippen LogP contribution in [0.5, 0.6) is 11.5 Å². The van der Waals surface area contributed by atoms with Gasteiger partial charge in [-0.15, -0.1) is 0 Å². The number of aliphatic hydroxyl groups is 1. The molecule has 1 amide bonds. The van der Waals surface area contributed by atoms with E-state index in [1.54, 1.807) is 25.1 Å². The number of benzene rings is 2. The molecule has 0 spiro atoms. The summed E-state index contributed by atoms with van der Waals surface area (Å²) in [5, 5.41) is 35.5. The van der Waals surface area contributed by atoms with E-state index in [1.807, 2.05) is 30.3 Å². The summed E-state index contributed by atoms with van der Waals surface area (Å²) in [5.74, 6) is -0.902. The lowest BCUT2D eigenvalue weighted by Crippen LogP contribution is -2.51. The number of carboxylic acids is 1. The molecule has 8 nitrogen and oxygen atoms in total. The topological polar surface area (TPSA) is 128 Å². The lowest BCUT2D eigenvalue weighted by atomic mass is 9.89. The maximum atomic E-state index is 12.8. The van der Waals surface area contributed by atoms with Crippen molar-refractivity contribution in [3.63, 3.8) is 0 Å². The van der Waals surface area contributed by atoms with E-state index in [9.17, 15) is 24.9 Å². The number of phenolic OH excluding ortho intramolecular Hbond substituents is 1. The third kappa shape index (κ3) is 9.22. The van der Waals surface area contributed by atoms with Gasteiger partial charge in [0.2, 0.25) is 5.91 Å². The van der Waals surface area contributed by atoms with Crippen molar-refractivity contribution in [3.8, 4) is 11.5 Å². The van der Waals surface area contributed by atoms with Crippen LogP contribution >= 0.6 is 0 Å². The van der Waals surface area contributed by atoms with Crippen molar-refractivity contribution in [3.05, 3.63) is 59.7 Å². The van der Waals surface area contributed by atoms with Crippen molar-refractivity contribution in [2.75, 3.05) is 13.7 Å². The van der Waals surface area contributed by atoms with Crippen molar-refractivity contribution in [1.82, 2.24) is 10.6 Å². The largest absolute Gasteiger partial charge is 0.504 e. The van der Waals surface area contributed by atoms with Crippen LogP contribution in [0.3, 0.4) is 0 Å². The lowest BCUT2D eigenvalue weighted by molar-refractivity contribution is -0.140. The van der Waals surface area contributed by atoms with Gasteiger partial charge in [-0.2, -0.15) is 0 Å². The normalized spacial score (nSPS) is 14.5. The van der Waals surface area contributed by atoms with Crippen LogP contribution in [0.4, 0.5) is 0 Å². The van der Waals surface area contributed by atoms with Gasteiger partial charge in [0.1, 0.15) is 0 Å². The van der Waals surface area contributed by atoms with Crippen molar-refractivity contribution in [1.29, 1.82) is 0 Å². The molecule has 0 bridgehead atoms. The number of hydrogen-bond acceptors (Lipinski definition) is 6. The number of carbonyl (C=O) groups excluding carboxylic acids is 1. The number of aliphatic carboxylic acids is 1. The van der Waals surface area contributed by atoms with Gasteiger partial charge in [-0.3, -0.25) is 9.59 Å². The summed E-state index contributed by atoms with van der Waals surface area (Å²) in [6.07, 6.45) is 1.55. The number of carbonyl (C=O) groups is 2. The molecule has 8 heteroatoms. The molecule has 5 N–H and O–H groups in total. The summed E-state index contributed by atoms with van der Waals surface area (Å²) in [6, 6.07) is 13.6. The highest BCUT2D eigenvalue weighted by Gasteiger charge is 2.26. The Balaban J connectivity index is 1.88. The van der Waals surface area contributed by atoms with Gasteiger partial charge >= 0.3 is 5.97 Å². The third-order valence-electron chi connectivity index (χ3n) is 6.21. The van der Waals surface area contributed by atoms with E-state index < -0.39 is 30.1 Å². The fourth-order valence-electron chi connectivity index (χ4n) is 4.06. The predicted octanol–water partition coefficient (Wildman–Crippen LogP) is 3.22. The van der Waals surface area contributed by atoms with E-state index in [-0.39, 0.29) is 18.1 Å². The third-order valence-corrected chi connectivity index (χ3v) is 6.21. The number of aliphatic hydroxyl groups excluding tert-OH is 1. The molecular formula is C27H38N2O6. The van der Waals surface area contributed by atoms with Gasteiger partial charge < -0.3 is 30.7 Å². The second kappa shape index (κ2) is 14.3. The van der Waals surface area contributed by atoms with Crippen LogP contribution in [-0.2, 0) is 16.0 Å². The average Bonchev–Trinajstić information content (AvgIpc) is 2.85. The van der Waals surface area contributed by atoms with E-state index >= 15 is 0 Å². The highest BCUT2D eigenvalue weighted by Crippen LogP contribution is 2.27. The van der Waals surface area contributed by atoms with Crippen LogP contribution in [0.2, 0.25) is 0 Å². The number of hydrogen-bond donors (Lipinski definition) is 5. The molecule has 0 aliphatic carbocycles. The zero-order valence-electron chi connectivity index (χ0n) is 20.7. The molecule has 35 heavy (non-hydrogen) atoms. The van der Waals surface area contributed by atoms with Crippen LogP contribution in [0.25, 0.3) is 0 Å². The first-order valence-corrected chi connectivity index (χ1v) is 12.1. The predicted molar refractivity (Wildman–Crippen MR) is 135 cm³/mol. The summed E-state index contributed by atoms with van der Waals surface area (Å²) < 4.78 is 5.11. The van der Waals surface area contributed by atoms with Gasteiger partial charge in [-0.25, -0.2) is 0 Å². The number of amides is 1. The fourth-order valence-corrected chi connectivity index (χ4v) is 4.06. The Morgan fingerprint density at radius 3 is 2.46 bits per heavy atom. The van der Waals surface area contributed by atoms with Gasteiger partial charge in [-0.05, 0) is 68.3 Å². The minimum Gasteiger partial charge on any atom is -0.504 e. The molecular weight excluding hydrogens is 448 g/mol. The van der Waals surface area contributed by atoms with E-state index in [0.717, 1.165) is 17.5 Å². The number of ether oxygens (including phenoxy) is 1. The minimum atomic E-state index is -1.08. The summed E-state index contributed by atoms with van der Waals surface area (Å²) in [6.45, 7) is 4.22. The van der Waals surface area contributed by atoms with Gasteiger partial charge in [0.05, 0.1) is 31.7 Å². The zero-order valence-corrected chi connectivity index (χ0v) is 20.7. The van der Waals surface area contributed by atoms with Crippen LogP contribution in [0.1, 0.15) is 56.6 Å². The Labute approximate surface area is 207 Å². The lowest BCUT2D eigenvalue weighted by Gasteiger charge is -2.26. The Morgan fingerprint density at radius 1 is 1.11 bits per heavy atom. The molecule has 2 aromatic rings. The number of phenols is 1. The monoisotopic (exact) mass is 486 g/mol. The molecule has 0 heterocycles.